The van der Waals surface area contributed by atoms with Gasteiger partial charge in [-0.15, -0.1) is 0 Å². The van der Waals surface area contributed by atoms with Gasteiger partial charge >= 0.3 is 5.97 Å². The number of nitrogens with zero attached hydrogens (tertiary/aromatic N) is 1. The van der Waals surface area contributed by atoms with Crippen molar-refractivity contribution in [3.8, 4) is 0 Å². The zero-order valence-corrected chi connectivity index (χ0v) is 9.58. The number of ether oxygens (including phenoxy) is 1. The Bertz CT molecular complexity index is 457. The number of methoxy groups -OCH3 is 1. The lowest BCUT2D eigenvalue weighted by atomic mass is 9.83. The Hall–Kier alpha value is -2.04. The number of hydrogen-bond acceptors (Lipinski definition) is 4. The van der Waals surface area contributed by atoms with Gasteiger partial charge in [-0.1, -0.05) is 35.5 Å². The van der Waals surface area contributed by atoms with Crippen LogP contribution in [0, 0.1) is 0 Å². The monoisotopic (exact) mass is 235 g/mol. The summed E-state index contributed by atoms with van der Waals surface area (Å²) < 4.78 is 5.09. The van der Waals surface area contributed by atoms with Crippen molar-refractivity contribution in [1.29, 1.82) is 0 Å². The summed E-state index contributed by atoms with van der Waals surface area (Å²) in [6.45, 7) is 1.49. The molecule has 1 aliphatic heterocycles. The summed E-state index contributed by atoms with van der Waals surface area (Å²) in [5.74, 6) is -1.32. The van der Waals surface area contributed by atoms with E-state index in [0.717, 1.165) is 5.56 Å². The summed E-state index contributed by atoms with van der Waals surface area (Å²) >= 11 is 0. The molecule has 17 heavy (non-hydrogen) atoms. The molecule has 2 rings (SSSR count). The zero-order chi connectivity index (χ0) is 12.5. The van der Waals surface area contributed by atoms with Gasteiger partial charge in [0.25, 0.3) is 0 Å². The van der Waals surface area contributed by atoms with E-state index in [1.54, 1.807) is 0 Å². The molecule has 1 aromatic rings. The third-order valence-electron chi connectivity index (χ3n) is 2.89. The second-order valence-corrected chi connectivity index (χ2v) is 3.98. The summed E-state index contributed by atoms with van der Waals surface area (Å²) in [7, 11) is 1.45. The lowest BCUT2D eigenvalue weighted by Gasteiger charge is -2.24. The standard InChI is InChI=1S/C12H13NO4/c1-12(11(14)15)9(10(16-2)13-17-12)8-6-4-3-5-7-8/h3-7,9H,1-2H3,(H,14,15). The molecule has 2 atom stereocenters. The maximum atomic E-state index is 11.3. The maximum absolute atomic E-state index is 11.3. The van der Waals surface area contributed by atoms with E-state index in [1.165, 1.54) is 14.0 Å². The molecule has 90 valence electrons. The molecule has 5 nitrogen and oxygen atoms in total. The van der Waals surface area contributed by atoms with E-state index in [4.69, 9.17) is 9.57 Å². The van der Waals surface area contributed by atoms with E-state index < -0.39 is 17.5 Å². The van der Waals surface area contributed by atoms with Crippen molar-refractivity contribution in [2.45, 2.75) is 18.4 Å². The molecule has 1 N–H and O–H groups in total. The summed E-state index contributed by atoms with van der Waals surface area (Å²) in [5.41, 5.74) is -0.623. The Kier molecular flexibility index (Phi) is 2.75. The van der Waals surface area contributed by atoms with Gasteiger partial charge in [0.2, 0.25) is 11.5 Å². The molecule has 1 aliphatic rings. The zero-order valence-electron chi connectivity index (χ0n) is 9.58. The third-order valence-corrected chi connectivity index (χ3v) is 2.89. The van der Waals surface area contributed by atoms with Crippen LogP contribution in [0.15, 0.2) is 35.5 Å². The highest BCUT2D eigenvalue weighted by Gasteiger charge is 2.53. The van der Waals surface area contributed by atoms with E-state index in [9.17, 15) is 9.90 Å². The molecule has 0 saturated carbocycles. The predicted molar refractivity (Wildman–Crippen MR) is 60.8 cm³/mol. The number of oxime groups is 1. The molecular formula is C12H13NO4. The van der Waals surface area contributed by atoms with Crippen LogP contribution in [0.4, 0.5) is 0 Å². The van der Waals surface area contributed by atoms with Crippen LogP contribution in [0.25, 0.3) is 0 Å². The first-order chi connectivity index (χ1) is 8.09. The second kappa shape index (κ2) is 4.08. The molecule has 0 spiro atoms. The van der Waals surface area contributed by atoms with Gasteiger partial charge in [0, 0.05) is 0 Å². The van der Waals surface area contributed by atoms with Crippen LogP contribution in [0.2, 0.25) is 0 Å². The van der Waals surface area contributed by atoms with E-state index in [1.807, 2.05) is 30.3 Å². The summed E-state index contributed by atoms with van der Waals surface area (Å²) in [6.07, 6.45) is 0. The molecule has 0 amide bonds. The fraction of sp³-hybridized carbons (Fsp3) is 0.333. The fourth-order valence-corrected chi connectivity index (χ4v) is 1.90. The van der Waals surface area contributed by atoms with Crippen molar-refractivity contribution >= 4 is 11.9 Å². The van der Waals surface area contributed by atoms with Gasteiger partial charge in [0.1, 0.15) is 5.92 Å². The molecule has 0 fully saturated rings. The van der Waals surface area contributed by atoms with Crippen molar-refractivity contribution in [1.82, 2.24) is 0 Å². The summed E-state index contributed by atoms with van der Waals surface area (Å²) in [6, 6.07) is 9.19. The summed E-state index contributed by atoms with van der Waals surface area (Å²) in [4.78, 5) is 16.4. The van der Waals surface area contributed by atoms with Gasteiger partial charge < -0.3 is 14.7 Å². The van der Waals surface area contributed by atoms with Gasteiger partial charge in [-0.2, -0.15) is 0 Å². The van der Waals surface area contributed by atoms with Gasteiger partial charge in [0.15, 0.2) is 0 Å². The lowest BCUT2D eigenvalue weighted by molar-refractivity contribution is -0.161. The van der Waals surface area contributed by atoms with E-state index in [2.05, 4.69) is 5.16 Å². The number of benzene rings is 1. The molecule has 2 unspecified atom stereocenters. The molecule has 0 aliphatic carbocycles. The number of hydrogen-bond donors (Lipinski definition) is 1. The summed E-state index contributed by atoms with van der Waals surface area (Å²) in [5, 5.41) is 13.0. The Morgan fingerprint density at radius 2 is 2.12 bits per heavy atom. The van der Waals surface area contributed by atoms with Crippen molar-refractivity contribution in [3.63, 3.8) is 0 Å². The van der Waals surface area contributed by atoms with Crippen molar-refractivity contribution < 1.29 is 19.5 Å². The highest BCUT2D eigenvalue weighted by molar-refractivity contribution is 5.94. The minimum Gasteiger partial charge on any atom is -0.481 e. The van der Waals surface area contributed by atoms with Gasteiger partial charge in [-0.25, -0.2) is 4.79 Å². The normalized spacial score (nSPS) is 27.2. The van der Waals surface area contributed by atoms with Crippen LogP contribution in [0.1, 0.15) is 18.4 Å². The maximum Gasteiger partial charge on any atom is 0.351 e. The number of rotatable bonds is 2. The lowest BCUT2D eigenvalue weighted by Crippen LogP contribution is -2.42. The average molecular weight is 235 g/mol. The van der Waals surface area contributed by atoms with Crippen LogP contribution in [0.3, 0.4) is 0 Å². The van der Waals surface area contributed by atoms with Gasteiger partial charge in [-0.3, -0.25) is 0 Å². The Balaban J connectivity index is 2.45. The number of carboxylic acids is 1. The average Bonchev–Trinajstić information content (AvgIpc) is 2.69. The number of aliphatic carboxylic acids is 1. The first-order valence-electron chi connectivity index (χ1n) is 5.18. The third kappa shape index (κ3) is 1.73. The Morgan fingerprint density at radius 1 is 1.47 bits per heavy atom. The minimum atomic E-state index is -1.42. The quantitative estimate of drug-likeness (QED) is 0.845. The van der Waals surface area contributed by atoms with E-state index >= 15 is 0 Å². The van der Waals surface area contributed by atoms with Gasteiger partial charge in [0.05, 0.1) is 7.11 Å². The minimum absolute atomic E-state index is 0.279. The highest BCUT2D eigenvalue weighted by Crippen LogP contribution is 2.38. The van der Waals surface area contributed by atoms with Crippen LogP contribution >= 0.6 is 0 Å². The van der Waals surface area contributed by atoms with Crippen LogP contribution in [0.5, 0.6) is 0 Å². The van der Waals surface area contributed by atoms with Gasteiger partial charge in [-0.05, 0) is 12.5 Å². The number of carboxylic acid groups (broad SMARTS) is 1. The van der Waals surface area contributed by atoms with E-state index in [0.29, 0.717) is 0 Å². The van der Waals surface area contributed by atoms with E-state index in [-0.39, 0.29) is 5.90 Å². The molecule has 0 bridgehead atoms. The molecular weight excluding hydrogens is 222 g/mol. The SMILES string of the molecule is COC1=NOC(C)(C(=O)O)C1c1ccccc1. The van der Waals surface area contributed by atoms with Crippen molar-refractivity contribution in [2.75, 3.05) is 7.11 Å². The van der Waals surface area contributed by atoms with Crippen LogP contribution in [-0.4, -0.2) is 29.7 Å². The van der Waals surface area contributed by atoms with Crippen molar-refractivity contribution in [2.24, 2.45) is 5.16 Å². The van der Waals surface area contributed by atoms with Crippen LogP contribution in [-0.2, 0) is 14.4 Å². The topological polar surface area (TPSA) is 68.1 Å². The molecule has 0 radical (unpaired) electrons. The Morgan fingerprint density at radius 3 is 2.65 bits per heavy atom. The molecule has 0 aromatic heterocycles. The predicted octanol–water partition coefficient (Wildman–Crippen LogP) is 1.60. The number of carbonyl (C=O) groups is 1. The molecule has 5 heteroatoms. The Labute approximate surface area is 98.6 Å². The largest absolute Gasteiger partial charge is 0.481 e. The smallest absolute Gasteiger partial charge is 0.351 e. The highest BCUT2D eigenvalue weighted by atomic mass is 16.7. The molecule has 0 saturated heterocycles. The van der Waals surface area contributed by atoms with Crippen LogP contribution < -0.4 is 0 Å². The molecule has 1 heterocycles. The first-order valence-corrected chi connectivity index (χ1v) is 5.18. The molecule has 1 aromatic carbocycles. The fourth-order valence-electron chi connectivity index (χ4n) is 1.90. The first kappa shape index (κ1) is 11.4. The second-order valence-electron chi connectivity index (χ2n) is 3.98. The van der Waals surface area contributed by atoms with Crippen molar-refractivity contribution in [3.05, 3.63) is 35.9 Å².